The molecule has 1 N–H and O–H groups in total. The van der Waals surface area contributed by atoms with Gasteiger partial charge in [-0.05, 0) is 42.2 Å². The normalized spacial score (nSPS) is 22.9. The first-order valence-electron chi connectivity index (χ1n) is 8.06. The molecule has 2 fully saturated rings. The number of nitrogens with one attached hydrogen (secondary N) is 1. The van der Waals surface area contributed by atoms with Crippen molar-refractivity contribution in [3.05, 3.63) is 22.8 Å². The van der Waals surface area contributed by atoms with Crippen molar-refractivity contribution in [2.75, 3.05) is 18.0 Å². The van der Waals surface area contributed by atoms with Crippen molar-refractivity contribution in [3.8, 4) is 0 Å². The lowest BCUT2D eigenvalue weighted by molar-refractivity contribution is 0.263. The largest absolute Gasteiger partial charge is 0.355 e. The van der Waals surface area contributed by atoms with Crippen LogP contribution in [0.1, 0.15) is 45.6 Å². The van der Waals surface area contributed by atoms with Crippen molar-refractivity contribution in [1.82, 2.24) is 10.3 Å². The molecule has 3 nitrogen and oxygen atoms in total. The zero-order chi connectivity index (χ0) is 15.0. The Hall–Kier alpha value is -0.800. The van der Waals surface area contributed by atoms with Gasteiger partial charge in [-0.15, -0.1) is 0 Å². The van der Waals surface area contributed by atoms with E-state index in [1.54, 1.807) is 0 Å². The summed E-state index contributed by atoms with van der Waals surface area (Å²) in [7, 11) is 0. The monoisotopic (exact) mass is 307 g/mol. The molecule has 1 saturated heterocycles. The van der Waals surface area contributed by atoms with Gasteiger partial charge >= 0.3 is 0 Å². The molecule has 1 aliphatic heterocycles. The first-order valence-corrected chi connectivity index (χ1v) is 8.44. The van der Waals surface area contributed by atoms with Gasteiger partial charge < -0.3 is 10.2 Å². The molecule has 0 radical (unpaired) electrons. The molecule has 0 amide bonds. The maximum Gasteiger partial charge on any atom is 0.147 e. The molecule has 2 heterocycles. The van der Waals surface area contributed by atoms with Gasteiger partial charge in [-0.25, -0.2) is 4.98 Å². The summed E-state index contributed by atoms with van der Waals surface area (Å²) >= 11 is 6.47. The molecule has 3 rings (SSSR count). The fourth-order valence-corrected chi connectivity index (χ4v) is 3.32. The minimum Gasteiger partial charge on any atom is -0.355 e. The zero-order valence-corrected chi connectivity index (χ0v) is 14.1. The molecule has 0 spiro atoms. The quantitative estimate of drug-likeness (QED) is 0.915. The van der Waals surface area contributed by atoms with Gasteiger partial charge in [0, 0.05) is 31.9 Å². The van der Waals surface area contributed by atoms with Crippen molar-refractivity contribution in [2.45, 2.75) is 52.6 Å². The maximum atomic E-state index is 6.47. The third-order valence-corrected chi connectivity index (χ3v) is 5.04. The van der Waals surface area contributed by atoms with Crippen LogP contribution in [-0.2, 0) is 6.54 Å². The number of pyridine rings is 1. The van der Waals surface area contributed by atoms with Gasteiger partial charge in [0.25, 0.3) is 0 Å². The Bertz CT molecular complexity index is 505. The molecule has 116 valence electrons. The number of nitrogens with zero attached hydrogens (tertiary/aromatic N) is 2. The fraction of sp³-hybridized carbons (Fsp3) is 0.706. The molecule has 1 aromatic heterocycles. The van der Waals surface area contributed by atoms with Gasteiger partial charge in [-0.1, -0.05) is 32.4 Å². The third-order valence-electron chi connectivity index (χ3n) is 4.76. The predicted octanol–water partition coefficient (Wildman–Crippen LogP) is 3.86. The standard InChI is InChI=1S/C17H26ClN3/c1-17(2,3)13-6-7-21(11-13)16-15(18)8-12(10-20-16)9-19-14-4-5-14/h8,10,13-14,19H,4-7,9,11H2,1-3H3. The van der Waals surface area contributed by atoms with Crippen molar-refractivity contribution in [1.29, 1.82) is 0 Å². The average molecular weight is 308 g/mol. The number of halogens is 1. The highest BCUT2D eigenvalue weighted by Crippen LogP contribution is 2.37. The van der Waals surface area contributed by atoms with Crippen molar-refractivity contribution in [2.24, 2.45) is 11.3 Å². The van der Waals surface area contributed by atoms with Crippen molar-refractivity contribution in [3.63, 3.8) is 0 Å². The van der Waals surface area contributed by atoms with Crippen LogP contribution >= 0.6 is 11.6 Å². The average Bonchev–Trinajstić information content (AvgIpc) is 3.10. The molecule has 0 aromatic carbocycles. The summed E-state index contributed by atoms with van der Waals surface area (Å²) in [5.41, 5.74) is 1.54. The van der Waals surface area contributed by atoms with Crippen LogP contribution in [0.15, 0.2) is 12.3 Å². The van der Waals surface area contributed by atoms with Crippen LogP contribution in [0.2, 0.25) is 5.02 Å². The number of hydrogen-bond donors (Lipinski definition) is 1. The van der Waals surface area contributed by atoms with Crippen LogP contribution < -0.4 is 10.2 Å². The Morgan fingerprint density at radius 3 is 2.67 bits per heavy atom. The van der Waals surface area contributed by atoms with E-state index in [0.29, 0.717) is 11.3 Å². The van der Waals surface area contributed by atoms with E-state index in [-0.39, 0.29) is 0 Å². The van der Waals surface area contributed by atoms with E-state index in [2.05, 4.69) is 42.0 Å². The van der Waals surface area contributed by atoms with E-state index < -0.39 is 0 Å². The van der Waals surface area contributed by atoms with Crippen molar-refractivity contribution >= 4 is 17.4 Å². The summed E-state index contributed by atoms with van der Waals surface area (Å²) in [5, 5.41) is 4.30. The summed E-state index contributed by atoms with van der Waals surface area (Å²) in [6, 6.07) is 2.79. The molecule has 1 aliphatic carbocycles. The molecule has 2 aliphatic rings. The highest BCUT2D eigenvalue weighted by molar-refractivity contribution is 6.33. The zero-order valence-electron chi connectivity index (χ0n) is 13.3. The van der Waals surface area contributed by atoms with Crippen LogP contribution in [0.5, 0.6) is 0 Å². The van der Waals surface area contributed by atoms with Gasteiger partial charge in [0.05, 0.1) is 5.02 Å². The smallest absolute Gasteiger partial charge is 0.147 e. The number of rotatable bonds is 4. The van der Waals surface area contributed by atoms with Gasteiger partial charge in [0.2, 0.25) is 0 Å². The topological polar surface area (TPSA) is 28.2 Å². The summed E-state index contributed by atoms with van der Waals surface area (Å²) < 4.78 is 0. The lowest BCUT2D eigenvalue weighted by Gasteiger charge is -2.27. The van der Waals surface area contributed by atoms with Crippen LogP contribution in [0.3, 0.4) is 0 Å². The Morgan fingerprint density at radius 2 is 2.10 bits per heavy atom. The highest BCUT2D eigenvalue weighted by atomic mass is 35.5. The molecule has 1 unspecified atom stereocenters. The minimum absolute atomic E-state index is 0.356. The Kier molecular flexibility index (Phi) is 4.15. The van der Waals surface area contributed by atoms with E-state index in [1.807, 2.05) is 6.20 Å². The van der Waals surface area contributed by atoms with Crippen LogP contribution in [0.25, 0.3) is 0 Å². The fourth-order valence-electron chi connectivity index (χ4n) is 3.01. The molecule has 4 heteroatoms. The van der Waals surface area contributed by atoms with E-state index in [1.165, 1.54) is 24.8 Å². The van der Waals surface area contributed by atoms with E-state index in [0.717, 1.165) is 36.5 Å². The summed E-state index contributed by atoms with van der Waals surface area (Å²) in [6.07, 6.45) is 5.82. The van der Waals surface area contributed by atoms with Crippen LogP contribution in [-0.4, -0.2) is 24.1 Å². The third kappa shape index (κ3) is 3.70. The van der Waals surface area contributed by atoms with E-state index >= 15 is 0 Å². The van der Waals surface area contributed by atoms with E-state index in [4.69, 9.17) is 11.6 Å². The first kappa shape index (κ1) is 15.1. The number of hydrogen-bond acceptors (Lipinski definition) is 3. The minimum atomic E-state index is 0.356. The maximum absolute atomic E-state index is 6.47. The number of anilines is 1. The summed E-state index contributed by atoms with van der Waals surface area (Å²) in [6.45, 7) is 9.97. The van der Waals surface area contributed by atoms with Gasteiger partial charge in [0.1, 0.15) is 5.82 Å². The first-order chi connectivity index (χ1) is 9.93. The lowest BCUT2D eigenvalue weighted by Crippen LogP contribution is -2.26. The van der Waals surface area contributed by atoms with E-state index in [9.17, 15) is 0 Å². The second kappa shape index (κ2) is 5.77. The van der Waals surface area contributed by atoms with Gasteiger partial charge in [0.15, 0.2) is 0 Å². The second-order valence-corrected chi connectivity index (χ2v) is 8.01. The second-order valence-electron chi connectivity index (χ2n) is 7.60. The van der Waals surface area contributed by atoms with Crippen molar-refractivity contribution < 1.29 is 0 Å². The lowest BCUT2D eigenvalue weighted by atomic mass is 9.80. The molecule has 0 bridgehead atoms. The molecular weight excluding hydrogens is 282 g/mol. The molecule has 1 aromatic rings. The summed E-state index contributed by atoms with van der Waals surface area (Å²) in [4.78, 5) is 6.97. The molecule has 21 heavy (non-hydrogen) atoms. The Labute approximate surface area is 133 Å². The Morgan fingerprint density at radius 1 is 1.33 bits per heavy atom. The molecule has 1 saturated carbocycles. The molecular formula is C17H26ClN3. The number of aromatic nitrogens is 1. The van der Waals surface area contributed by atoms with Gasteiger partial charge in [-0.3, -0.25) is 0 Å². The van der Waals surface area contributed by atoms with Gasteiger partial charge in [-0.2, -0.15) is 0 Å². The SMILES string of the molecule is CC(C)(C)C1CCN(c2ncc(CNC3CC3)cc2Cl)C1. The highest BCUT2D eigenvalue weighted by Gasteiger charge is 2.33. The molecule has 1 atom stereocenters. The summed E-state index contributed by atoms with van der Waals surface area (Å²) in [5.74, 6) is 1.67. The van der Waals surface area contributed by atoms with Crippen LogP contribution in [0, 0.1) is 11.3 Å². The van der Waals surface area contributed by atoms with Crippen LogP contribution in [0.4, 0.5) is 5.82 Å². The Balaban J connectivity index is 1.65. The predicted molar refractivity (Wildman–Crippen MR) is 88.9 cm³/mol.